The standard InChI is InChI=1S/C18H20FN3O5S/c1-22(12-18(23)21-20-11-13-4-6-14(19)7-5-13)28(24,25)17-10-15(26-2)8-9-16(17)27-3/h4-11H,12H2,1-3H3,(H,21,23)/b20-11+. The zero-order valence-electron chi connectivity index (χ0n) is 15.5. The van der Waals surface area contributed by atoms with E-state index in [1.165, 1.54) is 63.9 Å². The molecule has 0 aromatic heterocycles. The molecule has 0 fully saturated rings. The van der Waals surface area contributed by atoms with Gasteiger partial charge in [0.15, 0.2) is 0 Å². The third-order valence-corrected chi connectivity index (χ3v) is 5.52. The number of ether oxygens (including phenoxy) is 2. The Kier molecular flexibility index (Phi) is 7.07. The first-order valence-corrected chi connectivity index (χ1v) is 9.47. The van der Waals surface area contributed by atoms with Crippen molar-refractivity contribution in [2.24, 2.45) is 5.10 Å². The molecule has 150 valence electrons. The lowest BCUT2D eigenvalue weighted by atomic mass is 10.2. The van der Waals surface area contributed by atoms with Gasteiger partial charge in [-0.3, -0.25) is 4.79 Å². The maximum absolute atomic E-state index is 12.8. The molecule has 0 saturated carbocycles. The number of nitrogens with zero attached hydrogens (tertiary/aromatic N) is 2. The highest BCUT2D eigenvalue weighted by atomic mass is 32.2. The van der Waals surface area contributed by atoms with Crippen molar-refractivity contribution >= 4 is 22.1 Å². The van der Waals surface area contributed by atoms with Gasteiger partial charge in [0.05, 0.1) is 27.0 Å². The molecule has 0 spiro atoms. The molecule has 0 aliphatic heterocycles. The van der Waals surface area contributed by atoms with Crippen molar-refractivity contribution < 1.29 is 27.1 Å². The molecule has 8 nitrogen and oxygen atoms in total. The molecule has 28 heavy (non-hydrogen) atoms. The highest BCUT2D eigenvalue weighted by Gasteiger charge is 2.27. The highest BCUT2D eigenvalue weighted by molar-refractivity contribution is 7.89. The van der Waals surface area contributed by atoms with E-state index < -0.39 is 22.5 Å². The van der Waals surface area contributed by atoms with Gasteiger partial charge in [0.1, 0.15) is 22.2 Å². The second-order valence-corrected chi connectivity index (χ2v) is 7.64. The maximum atomic E-state index is 12.8. The van der Waals surface area contributed by atoms with E-state index in [-0.39, 0.29) is 16.5 Å². The molecule has 0 unspecified atom stereocenters. The molecule has 2 aromatic carbocycles. The fourth-order valence-electron chi connectivity index (χ4n) is 2.20. The van der Waals surface area contributed by atoms with E-state index in [4.69, 9.17) is 9.47 Å². The van der Waals surface area contributed by atoms with E-state index >= 15 is 0 Å². The summed E-state index contributed by atoms with van der Waals surface area (Å²) in [6.45, 7) is -0.469. The topological polar surface area (TPSA) is 97.3 Å². The Morgan fingerprint density at radius 3 is 2.46 bits per heavy atom. The molecule has 0 bridgehead atoms. The Hall–Kier alpha value is -2.98. The summed E-state index contributed by atoms with van der Waals surface area (Å²) in [5.41, 5.74) is 2.80. The van der Waals surface area contributed by atoms with Crippen LogP contribution in [0.3, 0.4) is 0 Å². The van der Waals surface area contributed by atoms with Gasteiger partial charge in [0.25, 0.3) is 5.91 Å². The van der Waals surface area contributed by atoms with Crippen molar-refractivity contribution in [2.75, 3.05) is 27.8 Å². The minimum atomic E-state index is -4.02. The van der Waals surface area contributed by atoms with Crippen LogP contribution >= 0.6 is 0 Å². The van der Waals surface area contributed by atoms with Crippen molar-refractivity contribution in [1.29, 1.82) is 0 Å². The Morgan fingerprint density at radius 1 is 1.18 bits per heavy atom. The van der Waals surface area contributed by atoms with Gasteiger partial charge >= 0.3 is 0 Å². The lowest BCUT2D eigenvalue weighted by Gasteiger charge is -2.18. The summed E-state index contributed by atoms with van der Waals surface area (Å²) in [6.07, 6.45) is 1.32. The Labute approximate surface area is 162 Å². The number of rotatable bonds is 8. The summed E-state index contributed by atoms with van der Waals surface area (Å²) in [4.78, 5) is 11.9. The van der Waals surface area contributed by atoms with Crippen LogP contribution in [0.25, 0.3) is 0 Å². The summed E-state index contributed by atoms with van der Waals surface area (Å²) in [7, 11) is 0.000173. The Bertz CT molecular complexity index is 962. The zero-order chi connectivity index (χ0) is 20.7. The first-order valence-electron chi connectivity index (χ1n) is 8.03. The van der Waals surface area contributed by atoms with Gasteiger partial charge in [0.2, 0.25) is 10.0 Å². The zero-order valence-corrected chi connectivity index (χ0v) is 16.4. The predicted octanol–water partition coefficient (Wildman–Crippen LogP) is 1.61. The monoisotopic (exact) mass is 409 g/mol. The van der Waals surface area contributed by atoms with Gasteiger partial charge in [-0.1, -0.05) is 12.1 Å². The number of hydrazone groups is 1. The molecule has 2 rings (SSSR count). The number of nitrogens with one attached hydrogen (secondary N) is 1. The lowest BCUT2D eigenvalue weighted by Crippen LogP contribution is -2.36. The number of methoxy groups -OCH3 is 2. The van der Waals surface area contributed by atoms with Gasteiger partial charge < -0.3 is 9.47 Å². The van der Waals surface area contributed by atoms with Crippen LogP contribution in [0.15, 0.2) is 52.5 Å². The molecule has 10 heteroatoms. The largest absolute Gasteiger partial charge is 0.497 e. The maximum Gasteiger partial charge on any atom is 0.255 e. The minimum absolute atomic E-state index is 0.125. The molecule has 2 aromatic rings. The number of carbonyl (C=O) groups is 1. The summed E-state index contributed by atoms with van der Waals surface area (Å²) >= 11 is 0. The summed E-state index contributed by atoms with van der Waals surface area (Å²) in [6, 6.07) is 9.82. The number of likely N-dealkylation sites (N-methyl/N-ethyl adjacent to an activating group) is 1. The molecule has 0 saturated heterocycles. The van der Waals surface area contributed by atoms with Crippen molar-refractivity contribution in [3.8, 4) is 11.5 Å². The highest BCUT2D eigenvalue weighted by Crippen LogP contribution is 2.30. The molecular formula is C18H20FN3O5S. The molecule has 0 atom stereocenters. The quantitative estimate of drug-likeness (QED) is 0.528. The third-order valence-electron chi connectivity index (χ3n) is 3.70. The minimum Gasteiger partial charge on any atom is -0.497 e. The number of carbonyl (C=O) groups excluding carboxylic acids is 1. The predicted molar refractivity (Wildman–Crippen MR) is 101 cm³/mol. The number of sulfonamides is 1. The van der Waals surface area contributed by atoms with Gasteiger partial charge in [-0.05, 0) is 29.8 Å². The first-order chi connectivity index (χ1) is 13.3. The molecule has 0 radical (unpaired) electrons. The van der Waals surface area contributed by atoms with E-state index in [9.17, 15) is 17.6 Å². The van der Waals surface area contributed by atoms with Crippen molar-refractivity contribution in [3.05, 3.63) is 53.8 Å². The first kappa shape index (κ1) is 21.3. The number of benzene rings is 2. The fraction of sp³-hybridized carbons (Fsp3) is 0.222. The number of hydrogen-bond acceptors (Lipinski definition) is 6. The van der Waals surface area contributed by atoms with Crippen LogP contribution in [0, 0.1) is 5.82 Å². The lowest BCUT2D eigenvalue weighted by molar-refractivity contribution is -0.121. The fourth-order valence-corrected chi connectivity index (χ4v) is 3.50. The molecule has 0 aliphatic rings. The van der Waals surface area contributed by atoms with Gasteiger partial charge in [-0.15, -0.1) is 0 Å². The van der Waals surface area contributed by atoms with Gasteiger partial charge in [-0.25, -0.2) is 18.2 Å². The van der Waals surface area contributed by atoms with Crippen LogP contribution in [0.1, 0.15) is 5.56 Å². The van der Waals surface area contributed by atoms with Gasteiger partial charge in [-0.2, -0.15) is 9.41 Å². The Balaban J connectivity index is 2.07. The number of amides is 1. The molecular weight excluding hydrogens is 389 g/mol. The second-order valence-electron chi connectivity index (χ2n) is 5.62. The third kappa shape index (κ3) is 5.27. The van der Waals surface area contributed by atoms with Crippen molar-refractivity contribution in [3.63, 3.8) is 0 Å². The normalized spacial score (nSPS) is 11.6. The van der Waals surface area contributed by atoms with E-state index in [1.807, 2.05) is 0 Å². The summed E-state index contributed by atoms with van der Waals surface area (Å²) < 4.78 is 49.4. The van der Waals surface area contributed by atoms with Crippen molar-refractivity contribution in [2.45, 2.75) is 4.90 Å². The van der Waals surface area contributed by atoms with Crippen molar-refractivity contribution in [1.82, 2.24) is 9.73 Å². The summed E-state index contributed by atoms with van der Waals surface area (Å²) in [5.74, 6) is -0.573. The summed E-state index contributed by atoms with van der Waals surface area (Å²) in [5, 5.41) is 3.73. The second kappa shape index (κ2) is 9.29. The van der Waals surface area contributed by atoms with E-state index in [1.54, 1.807) is 6.07 Å². The molecule has 0 aliphatic carbocycles. The van der Waals surface area contributed by atoms with Crippen LogP contribution in [0.4, 0.5) is 4.39 Å². The van der Waals surface area contributed by atoms with Crippen LogP contribution in [-0.2, 0) is 14.8 Å². The van der Waals surface area contributed by atoms with Crippen LogP contribution < -0.4 is 14.9 Å². The molecule has 1 N–H and O–H groups in total. The molecule has 1 amide bonds. The molecule has 0 heterocycles. The Morgan fingerprint density at radius 2 is 1.86 bits per heavy atom. The van der Waals surface area contributed by atoms with E-state index in [2.05, 4.69) is 10.5 Å². The smallest absolute Gasteiger partial charge is 0.255 e. The number of hydrogen-bond donors (Lipinski definition) is 1. The van der Waals surface area contributed by atoms with Gasteiger partial charge in [0, 0.05) is 13.1 Å². The van der Waals surface area contributed by atoms with E-state index in [0.29, 0.717) is 11.3 Å². The SMILES string of the molecule is COc1ccc(OC)c(S(=O)(=O)N(C)CC(=O)N/N=C/c2ccc(F)cc2)c1. The van der Waals surface area contributed by atoms with Crippen LogP contribution in [-0.4, -0.2) is 52.7 Å². The number of halogens is 1. The van der Waals surface area contributed by atoms with E-state index in [0.717, 1.165) is 4.31 Å². The van der Waals surface area contributed by atoms with Crippen LogP contribution in [0.5, 0.6) is 11.5 Å². The van der Waals surface area contributed by atoms with Crippen LogP contribution in [0.2, 0.25) is 0 Å². The average Bonchev–Trinajstić information content (AvgIpc) is 2.68. The average molecular weight is 409 g/mol.